The molecule has 0 aliphatic carbocycles. The standard InChI is InChI=1S/C9H14N3O3P/c10-9(11)12-8(6-16(13,14)15)7-4-2-1-3-5-7/h1-5,8H,6H2,(H4,10,11,12)(H2,13,14,15). The molecule has 0 fully saturated rings. The molecule has 1 atom stereocenters. The molecule has 6 N–H and O–H groups in total. The van der Waals surface area contributed by atoms with Gasteiger partial charge in [-0.25, -0.2) is 0 Å². The number of guanidine groups is 1. The molecule has 0 amide bonds. The molecule has 0 saturated heterocycles. The summed E-state index contributed by atoms with van der Waals surface area (Å²) in [6.07, 6.45) is -0.392. The van der Waals surface area contributed by atoms with Crippen molar-refractivity contribution in [2.45, 2.75) is 6.04 Å². The molecule has 1 aromatic rings. The van der Waals surface area contributed by atoms with Crippen LogP contribution in [0.4, 0.5) is 0 Å². The van der Waals surface area contributed by atoms with Crippen LogP contribution in [0.1, 0.15) is 11.6 Å². The van der Waals surface area contributed by atoms with E-state index in [0.29, 0.717) is 5.56 Å². The first-order valence-electron chi connectivity index (χ1n) is 4.58. The molecule has 0 bridgehead atoms. The third-order valence-electron chi connectivity index (χ3n) is 1.95. The van der Waals surface area contributed by atoms with Gasteiger partial charge in [0.25, 0.3) is 0 Å². The molecular formula is C9H14N3O3P. The maximum Gasteiger partial charge on any atom is 0.327 e. The summed E-state index contributed by atoms with van der Waals surface area (Å²) >= 11 is 0. The minimum absolute atomic E-state index is 0.317. The first-order valence-corrected chi connectivity index (χ1v) is 6.38. The number of rotatable bonds is 4. The molecule has 7 heteroatoms. The van der Waals surface area contributed by atoms with E-state index in [9.17, 15) is 4.57 Å². The first-order chi connectivity index (χ1) is 7.38. The van der Waals surface area contributed by atoms with E-state index in [1.54, 1.807) is 30.3 Å². The Morgan fingerprint density at radius 3 is 2.44 bits per heavy atom. The van der Waals surface area contributed by atoms with Gasteiger partial charge in [0, 0.05) is 0 Å². The van der Waals surface area contributed by atoms with Crippen LogP contribution in [-0.4, -0.2) is 21.9 Å². The van der Waals surface area contributed by atoms with Crippen LogP contribution in [0.15, 0.2) is 30.3 Å². The quantitative estimate of drug-likeness (QED) is 0.297. The predicted octanol–water partition coefficient (Wildman–Crippen LogP) is 0.388. The van der Waals surface area contributed by atoms with Crippen molar-refractivity contribution in [1.29, 1.82) is 5.41 Å². The fraction of sp³-hybridized carbons (Fsp3) is 0.222. The SMILES string of the molecule is N=C(N)NC(CP(=O)(O)O)c1ccccc1. The molecule has 0 aromatic heterocycles. The van der Waals surface area contributed by atoms with Crippen molar-refractivity contribution < 1.29 is 14.4 Å². The van der Waals surface area contributed by atoms with Gasteiger partial charge in [-0.05, 0) is 5.56 Å². The Morgan fingerprint density at radius 2 is 2.00 bits per heavy atom. The number of hydrogen-bond acceptors (Lipinski definition) is 2. The average Bonchev–Trinajstić information content (AvgIpc) is 2.15. The summed E-state index contributed by atoms with van der Waals surface area (Å²) in [6, 6.07) is 8.09. The molecule has 1 aromatic carbocycles. The molecule has 16 heavy (non-hydrogen) atoms. The molecule has 6 nitrogen and oxygen atoms in total. The smallest absolute Gasteiger partial charge is 0.327 e. The molecule has 0 heterocycles. The summed E-state index contributed by atoms with van der Waals surface area (Å²) in [5.74, 6) is -0.317. The topological polar surface area (TPSA) is 119 Å². The molecule has 1 rings (SSSR count). The van der Waals surface area contributed by atoms with E-state index in [4.69, 9.17) is 20.9 Å². The van der Waals surface area contributed by atoms with E-state index in [2.05, 4.69) is 5.32 Å². The lowest BCUT2D eigenvalue weighted by molar-refractivity contribution is 0.367. The lowest BCUT2D eigenvalue weighted by Gasteiger charge is -2.19. The number of benzene rings is 1. The molecule has 0 aliphatic rings. The van der Waals surface area contributed by atoms with Gasteiger partial charge in [0.1, 0.15) is 0 Å². The number of nitrogens with one attached hydrogen (secondary N) is 2. The van der Waals surface area contributed by atoms with Gasteiger partial charge in [-0.2, -0.15) is 0 Å². The zero-order valence-corrected chi connectivity index (χ0v) is 9.39. The van der Waals surface area contributed by atoms with Crippen molar-refractivity contribution in [3.05, 3.63) is 35.9 Å². The van der Waals surface area contributed by atoms with Gasteiger partial charge >= 0.3 is 7.60 Å². The van der Waals surface area contributed by atoms with Crippen LogP contribution < -0.4 is 11.1 Å². The largest absolute Gasteiger partial charge is 0.370 e. The van der Waals surface area contributed by atoms with Crippen LogP contribution in [-0.2, 0) is 4.57 Å². The van der Waals surface area contributed by atoms with Gasteiger partial charge in [0.2, 0.25) is 0 Å². The molecule has 1 unspecified atom stereocenters. The average molecular weight is 243 g/mol. The van der Waals surface area contributed by atoms with Crippen LogP contribution in [0.3, 0.4) is 0 Å². The van der Waals surface area contributed by atoms with Crippen LogP contribution in [0.2, 0.25) is 0 Å². The normalized spacial score (nSPS) is 13.1. The Morgan fingerprint density at radius 1 is 1.44 bits per heavy atom. The summed E-state index contributed by atoms with van der Waals surface area (Å²) in [5, 5.41) is 9.62. The highest BCUT2D eigenvalue weighted by molar-refractivity contribution is 7.51. The van der Waals surface area contributed by atoms with E-state index in [0.717, 1.165) is 0 Å². The third-order valence-corrected chi connectivity index (χ3v) is 2.79. The van der Waals surface area contributed by atoms with Crippen LogP contribution >= 0.6 is 7.60 Å². The van der Waals surface area contributed by atoms with Gasteiger partial charge in [-0.3, -0.25) is 9.97 Å². The van der Waals surface area contributed by atoms with E-state index in [-0.39, 0.29) is 5.96 Å². The zero-order valence-electron chi connectivity index (χ0n) is 8.50. The fourth-order valence-electron chi connectivity index (χ4n) is 1.35. The number of nitrogens with two attached hydrogens (primary N) is 1. The van der Waals surface area contributed by atoms with Crippen LogP contribution in [0, 0.1) is 5.41 Å². The number of hydrogen-bond donors (Lipinski definition) is 5. The highest BCUT2D eigenvalue weighted by Crippen LogP contribution is 2.38. The Kier molecular flexibility index (Phi) is 4.06. The molecule has 0 saturated carbocycles. The summed E-state index contributed by atoms with van der Waals surface area (Å²) in [5.41, 5.74) is 5.85. The highest BCUT2D eigenvalue weighted by atomic mass is 31.2. The summed E-state index contributed by atoms with van der Waals surface area (Å²) < 4.78 is 10.9. The maximum absolute atomic E-state index is 10.9. The summed E-state index contributed by atoms with van der Waals surface area (Å²) in [7, 11) is -4.16. The lowest BCUT2D eigenvalue weighted by atomic mass is 10.1. The van der Waals surface area contributed by atoms with Gasteiger partial charge in [-0.15, -0.1) is 0 Å². The van der Waals surface area contributed by atoms with Crippen molar-refractivity contribution in [2.75, 3.05) is 6.16 Å². The van der Waals surface area contributed by atoms with E-state index < -0.39 is 19.8 Å². The van der Waals surface area contributed by atoms with Gasteiger partial charge in [0.15, 0.2) is 5.96 Å². The minimum Gasteiger partial charge on any atom is -0.370 e. The van der Waals surface area contributed by atoms with E-state index in [1.807, 2.05) is 0 Å². The van der Waals surface area contributed by atoms with Gasteiger partial charge in [0.05, 0.1) is 12.2 Å². The second-order valence-corrected chi connectivity index (χ2v) is 5.06. The maximum atomic E-state index is 10.9. The Balaban J connectivity index is 2.88. The lowest BCUT2D eigenvalue weighted by Crippen LogP contribution is -2.35. The van der Waals surface area contributed by atoms with Crippen molar-refractivity contribution in [1.82, 2.24) is 5.32 Å². The molecule has 0 spiro atoms. The predicted molar refractivity (Wildman–Crippen MR) is 61.1 cm³/mol. The van der Waals surface area contributed by atoms with Crippen molar-refractivity contribution in [2.24, 2.45) is 5.73 Å². The Hall–Kier alpha value is -1.36. The van der Waals surface area contributed by atoms with Crippen molar-refractivity contribution in [3.63, 3.8) is 0 Å². The second kappa shape index (κ2) is 5.12. The fourth-order valence-corrected chi connectivity index (χ4v) is 2.12. The monoisotopic (exact) mass is 243 g/mol. The van der Waals surface area contributed by atoms with E-state index in [1.165, 1.54) is 0 Å². The Bertz CT molecular complexity index is 404. The molecular weight excluding hydrogens is 229 g/mol. The first kappa shape index (κ1) is 12.7. The van der Waals surface area contributed by atoms with Gasteiger partial charge in [-0.1, -0.05) is 30.3 Å². The third kappa shape index (κ3) is 4.44. The molecule has 0 aliphatic heterocycles. The minimum atomic E-state index is -4.16. The Labute approximate surface area is 93.2 Å². The highest BCUT2D eigenvalue weighted by Gasteiger charge is 2.22. The molecule has 0 radical (unpaired) electrons. The molecule has 88 valence electrons. The van der Waals surface area contributed by atoms with Crippen LogP contribution in [0.25, 0.3) is 0 Å². The zero-order chi connectivity index (χ0) is 12.2. The van der Waals surface area contributed by atoms with E-state index >= 15 is 0 Å². The van der Waals surface area contributed by atoms with Crippen LogP contribution in [0.5, 0.6) is 0 Å². The van der Waals surface area contributed by atoms with Crippen molar-refractivity contribution in [3.8, 4) is 0 Å². The van der Waals surface area contributed by atoms with Gasteiger partial charge < -0.3 is 20.8 Å². The van der Waals surface area contributed by atoms with Crippen molar-refractivity contribution >= 4 is 13.6 Å². The summed E-state index contributed by atoms with van der Waals surface area (Å²) in [6.45, 7) is 0. The second-order valence-electron chi connectivity index (χ2n) is 3.37. The summed E-state index contributed by atoms with van der Waals surface area (Å²) in [4.78, 5) is 17.8.